The number of hydrogen-bond acceptors (Lipinski definition) is 4. The summed E-state index contributed by atoms with van der Waals surface area (Å²) in [7, 11) is 0. The highest BCUT2D eigenvalue weighted by molar-refractivity contribution is 7.80. The summed E-state index contributed by atoms with van der Waals surface area (Å²) >= 11 is 6.63. The molecule has 1 aromatic heterocycles. The highest BCUT2D eigenvalue weighted by Crippen LogP contribution is 2.27. The average Bonchev–Trinajstić information content (AvgIpc) is 2.84. The third-order valence-electron chi connectivity index (χ3n) is 3.22. The Bertz CT molecular complexity index is 399. The van der Waals surface area contributed by atoms with Gasteiger partial charge in [-0.3, -0.25) is 4.79 Å². The maximum absolute atomic E-state index is 12.2. The number of nitrogens with zero attached hydrogens (tertiary/aromatic N) is 1. The van der Waals surface area contributed by atoms with Gasteiger partial charge in [0.15, 0.2) is 0 Å². The molecule has 100 valence electrons. The van der Waals surface area contributed by atoms with Crippen molar-refractivity contribution in [1.29, 1.82) is 0 Å². The predicted octanol–water partition coefficient (Wildman–Crippen LogP) is 1.89. The lowest BCUT2D eigenvalue weighted by Crippen LogP contribution is -2.48. The maximum Gasteiger partial charge on any atom is 0.233 e. The molecule has 0 atom stereocenters. The van der Waals surface area contributed by atoms with Crippen LogP contribution in [0.1, 0.15) is 31.7 Å². The van der Waals surface area contributed by atoms with E-state index in [1.807, 2.05) is 19.2 Å². The lowest BCUT2D eigenvalue weighted by Gasteiger charge is -2.28. The summed E-state index contributed by atoms with van der Waals surface area (Å²) in [6.45, 7) is 4.43. The summed E-state index contributed by atoms with van der Waals surface area (Å²) < 4.78 is 0. The molecule has 0 spiro atoms. The number of nitrogens with two attached hydrogens (primary N) is 1. The molecule has 0 unspecified atom stereocenters. The number of nitrogens with one attached hydrogen (secondary N) is 1. The molecule has 0 saturated heterocycles. The number of amides is 1. The van der Waals surface area contributed by atoms with Crippen molar-refractivity contribution >= 4 is 34.5 Å². The van der Waals surface area contributed by atoms with E-state index >= 15 is 0 Å². The number of hydrogen-bond donors (Lipinski definition) is 2. The fraction of sp³-hybridized carbons (Fsp3) is 0.583. The van der Waals surface area contributed by atoms with Crippen molar-refractivity contribution in [1.82, 2.24) is 10.3 Å². The van der Waals surface area contributed by atoms with Gasteiger partial charge < -0.3 is 11.1 Å². The van der Waals surface area contributed by atoms with Crippen molar-refractivity contribution < 1.29 is 4.79 Å². The largest absolute Gasteiger partial charge is 0.392 e. The predicted molar refractivity (Wildman–Crippen MR) is 78.6 cm³/mol. The number of aromatic nitrogens is 1. The molecule has 1 heterocycles. The van der Waals surface area contributed by atoms with Crippen molar-refractivity contribution in [3.8, 4) is 0 Å². The van der Waals surface area contributed by atoms with Gasteiger partial charge in [0.1, 0.15) is 0 Å². The van der Waals surface area contributed by atoms with Crippen LogP contribution in [0, 0.1) is 5.41 Å². The number of rotatable bonds is 7. The highest BCUT2D eigenvalue weighted by atomic mass is 32.1. The van der Waals surface area contributed by atoms with Gasteiger partial charge in [0, 0.05) is 24.5 Å². The normalized spacial score (nSPS) is 11.2. The zero-order chi connectivity index (χ0) is 13.6. The molecule has 0 aliphatic carbocycles. The molecular formula is C12H19N3OS2. The summed E-state index contributed by atoms with van der Waals surface area (Å²) in [4.78, 5) is 16.6. The van der Waals surface area contributed by atoms with E-state index in [1.165, 1.54) is 0 Å². The zero-order valence-electron chi connectivity index (χ0n) is 10.7. The van der Waals surface area contributed by atoms with Crippen LogP contribution in [0.15, 0.2) is 11.6 Å². The molecule has 0 aliphatic heterocycles. The summed E-state index contributed by atoms with van der Waals surface area (Å²) in [5.41, 5.74) is 5.01. The first-order valence-electron chi connectivity index (χ1n) is 6.03. The number of thiazole rings is 1. The van der Waals surface area contributed by atoms with E-state index in [9.17, 15) is 4.79 Å². The number of carbonyl (C=O) groups excluding carboxylic acids is 1. The van der Waals surface area contributed by atoms with Crippen molar-refractivity contribution in [2.75, 3.05) is 6.54 Å². The lowest BCUT2D eigenvalue weighted by atomic mass is 9.81. The number of carbonyl (C=O) groups is 1. The van der Waals surface area contributed by atoms with E-state index < -0.39 is 5.41 Å². The van der Waals surface area contributed by atoms with E-state index in [1.54, 1.807) is 17.5 Å². The molecule has 0 saturated carbocycles. The Kier molecular flexibility index (Phi) is 5.68. The van der Waals surface area contributed by atoms with Crippen LogP contribution in [0.4, 0.5) is 0 Å². The number of thiocarbonyl (C=S) groups is 1. The molecule has 4 nitrogen and oxygen atoms in total. The van der Waals surface area contributed by atoms with Gasteiger partial charge in [-0.1, -0.05) is 26.1 Å². The van der Waals surface area contributed by atoms with Crippen LogP contribution in [0.25, 0.3) is 0 Å². The van der Waals surface area contributed by atoms with Crippen LogP contribution in [0.5, 0.6) is 0 Å². The third kappa shape index (κ3) is 3.26. The fourth-order valence-electron chi connectivity index (χ4n) is 1.86. The van der Waals surface area contributed by atoms with Crippen LogP contribution >= 0.6 is 23.6 Å². The van der Waals surface area contributed by atoms with Crippen molar-refractivity contribution in [2.24, 2.45) is 11.1 Å². The molecular weight excluding hydrogens is 266 g/mol. The van der Waals surface area contributed by atoms with E-state index in [4.69, 9.17) is 18.0 Å². The van der Waals surface area contributed by atoms with Crippen LogP contribution in [-0.4, -0.2) is 22.4 Å². The second kappa shape index (κ2) is 6.80. The maximum atomic E-state index is 12.2. The standard InChI is InChI=1S/C12H19N3OS2/c1-3-12(4-2,10(13)17)11(16)15-6-5-9-14-7-8-18-9/h7-8H,3-6H2,1-2H3,(H2,13,17)(H,15,16). The Morgan fingerprint density at radius 1 is 1.56 bits per heavy atom. The van der Waals surface area contributed by atoms with Crippen LogP contribution in [0.2, 0.25) is 0 Å². The van der Waals surface area contributed by atoms with E-state index in [0.29, 0.717) is 19.4 Å². The Morgan fingerprint density at radius 2 is 2.22 bits per heavy atom. The molecule has 0 aliphatic rings. The highest BCUT2D eigenvalue weighted by Gasteiger charge is 2.37. The fourth-order valence-corrected chi connectivity index (χ4v) is 2.86. The van der Waals surface area contributed by atoms with Gasteiger partial charge in [-0.15, -0.1) is 11.3 Å². The molecule has 1 rings (SSSR count). The lowest BCUT2D eigenvalue weighted by molar-refractivity contribution is -0.127. The molecule has 0 radical (unpaired) electrons. The minimum Gasteiger partial charge on any atom is -0.392 e. The molecule has 3 N–H and O–H groups in total. The SMILES string of the molecule is CCC(CC)(C(=O)NCCc1nccs1)C(N)=S. The molecule has 0 fully saturated rings. The van der Waals surface area contributed by atoms with Crippen LogP contribution < -0.4 is 11.1 Å². The van der Waals surface area contributed by atoms with Crippen LogP contribution in [0.3, 0.4) is 0 Å². The van der Waals surface area contributed by atoms with Gasteiger partial charge in [-0.2, -0.15) is 0 Å². The van der Waals surface area contributed by atoms with Gasteiger partial charge in [-0.05, 0) is 12.8 Å². The molecule has 0 aromatic carbocycles. The van der Waals surface area contributed by atoms with E-state index in [2.05, 4.69) is 10.3 Å². The third-order valence-corrected chi connectivity index (χ3v) is 4.45. The minimum atomic E-state index is -0.710. The summed E-state index contributed by atoms with van der Waals surface area (Å²) in [5, 5.41) is 5.85. The van der Waals surface area contributed by atoms with Gasteiger partial charge in [0.25, 0.3) is 0 Å². The Morgan fingerprint density at radius 3 is 2.67 bits per heavy atom. The molecule has 1 amide bonds. The first kappa shape index (κ1) is 15.0. The summed E-state index contributed by atoms with van der Waals surface area (Å²) in [5.74, 6) is -0.0726. The second-order valence-electron chi connectivity index (χ2n) is 4.09. The first-order valence-corrected chi connectivity index (χ1v) is 7.32. The summed E-state index contributed by atoms with van der Waals surface area (Å²) in [6, 6.07) is 0. The summed E-state index contributed by atoms with van der Waals surface area (Å²) in [6.07, 6.45) is 3.76. The zero-order valence-corrected chi connectivity index (χ0v) is 12.4. The van der Waals surface area contributed by atoms with Crippen LogP contribution in [-0.2, 0) is 11.2 Å². The van der Waals surface area contributed by atoms with Crippen molar-refractivity contribution in [2.45, 2.75) is 33.1 Å². The van der Waals surface area contributed by atoms with Gasteiger partial charge in [-0.25, -0.2) is 4.98 Å². The molecule has 1 aromatic rings. The quantitative estimate of drug-likeness (QED) is 0.751. The second-order valence-corrected chi connectivity index (χ2v) is 5.50. The van der Waals surface area contributed by atoms with Gasteiger partial charge in [0.05, 0.1) is 15.4 Å². The topological polar surface area (TPSA) is 68.0 Å². The Balaban J connectivity index is 2.55. The van der Waals surface area contributed by atoms with Crippen molar-refractivity contribution in [3.05, 3.63) is 16.6 Å². The first-order chi connectivity index (χ1) is 8.56. The smallest absolute Gasteiger partial charge is 0.233 e. The van der Waals surface area contributed by atoms with E-state index in [-0.39, 0.29) is 10.9 Å². The molecule has 6 heteroatoms. The average molecular weight is 285 g/mol. The Labute approximate surface area is 117 Å². The van der Waals surface area contributed by atoms with Crippen molar-refractivity contribution in [3.63, 3.8) is 0 Å². The minimum absolute atomic E-state index is 0.0726. The monoisotopic (exact) mass is 285 g/mol. The molecule has 0 bridgehead atoms. The van der Waals surface area contributed by atoms with E-state index in [0.717, 1.165) is 11.4 Å². The van der Waals surface area contributed by atoms with Gasteiger partial charge >= 0.3 is 0 Å². The van der Waals surface area contributed by atoms with Gasteiger partial charge in [0.2, 0.25) is 5.91 Å². The molecule has 18 heavy (non-hydrogen) atoms. The Hall–Kier alpha value is -1.01.